The van der Waals surface area contributed by atoms with Gasteiger partial charge in [0.05, 0.1) is 19.8 Å². The van der Waals surface area contributed by atoms with Crippen LogP contribution in [0.25, 0.3) is 0 Å². The molecule has 0 aliphatic heterocycles. The Kier molecular flexibility index (Phi) is 37.6. The van der Waals surface area contributed by atoms with E-state index in [2.05, 4.69) is 95.8 Å². The van der Waals surface area contributed by atoms with E-state index in [4.69, 9.17) is 23.8 Å². The minimum Gasteiger partial charge on any atom is -0.462 e. The monoisotopic (exact) mass is 872 g/mol. The molecule has 0 aromatic carbocycles. The zero-order valence-electron chi connectivity index (χ0n) is 35.6. The zero-order chi connectivity index (χ0) is 43.7. The van der Waals surface area contributed by atoms with Crippen molar-refractivity contribution in [3.05, 3.63) is 85.1 Å². The Hall–Kier alpha value is -2.70. The molecule has 0 heterocycles. The molecule has 0 saturated carbocycles. The number of ether oxygens (including phenoxy) is 2. The first kappa shape index (κ1) is 56.3. The lowest BCUT2D eigenvalue weighted by molar-refractivity contribution is -0.161. The first-order valence-corrected chi connectivity index (χ1v) is 24.3. The van der Waals surface area contributed by atoms with Crippen molar-refractivity contribution < 1.29 is 61.6 Å². The van der Waals surface area contributed by atoms with Gasteiger partial charge in [-0.2, -0.15) is 0 Å². The summed E-state index contributed by atoms with van der Waals surface area (Å²) in [5, 5.41) is 9.74. The van der Waals surface area contributed by atoms with Crippen LogP contribution in [0.4, 0.5) is 0 Å². The van der Waals surface area contributed by atoms with Crippen LogP contribution in [0.2, 0.25) is 0 Å². The highest BCUT2D eigenvalue weighted by atomic mass is 31.2. The smallest absolute Gasteiger partial charge is 0.462 e. The first-order valence-electron chi connectivity index (χ1n) is 21.3. The van der Waals surface area contributed by atoms with Crippen LogP contribution in [0.5, 0.6) is 0 Å². The van der Waals surface area contributed by atoms with E-state index in [1.807, 2.05) is 12.2 Å². The largest absolute Gasteiger partial charge is 0.472 e. The van der Waals surface area contributed by atoms with Crippen LogP contribution in [0, 0.1) is 0 Å². The lowest BCUT2D eigenvalue weighted by Gasteiger charge is -2.20. The molecule has 0 fully saturated rings. The number of phosphoric ester groups is 2. The summed E-state index contributed by atoms with van der Waals surface area (Å²) in [5.74, 6) is -1.15. The van der Waals surface area contributed by atoms with E-state index in [-0.39, 0.29) is 12.8 Å². The normalized spacial score (nSPS) is 14.9. The summed E-state index contributed by atoms with van der Waals surface area (Å²) in [5.41, 5.74) is 0. The zero-order valence-corrected chi connectivity index (χ0v) is 37.4. The third-order valence-corrected chi connectivity index (χ3v) is 9.68. The van der Waals surface area contributed by atoms with Gasteiger partial charge >= 0.3 is 27.6 Å². The second-order valence-electron chi connectivity index (χ2n) is 13.9. The van der Waals surface area contributed by atoms with Gasteiger partial charge in [-0.05, 0) is 89.9 Å². The van der Waals surface area contributed by atoms with E-state index in [0.29, 0.717) is 19.3 Å². The molecule has 0 radical (unpaired) electrons. The average Bonchev–Trinajstić information content (AvgIpc) is 3.19. The van der Waals surface area contributed by atoms with Crippen molar-refractivity contribution in [1.82, 2.24) is 0 Å². The first-order chi connectivity index (χ1) is 28.4. The van der Waals surface area contributed by atoms with Gasteiger partial charge in [0.15, 0.2) is 6.10 Å². The number of unbranched alkanes of at least 4 members (excludes halogenated alkanes) is 9. The van der Waals surface area contributed by atoms with Gasteiger partial charge in [-0.25, -0.2) is 9.13 Å². The van der Waals surface area contributed by atoms with E-state index >= 15 is 0 Å². The molecule has 0 amide bonds. The number of carbonyl (C=O) groups is 2. The molecule has 0 aliphatic rings. The molecule has 0 aliphatic carbocycles. The summed E-state index contributed by atoms with van der Waals surface area (Å²) >= 11 is 0. The van der Waals surface area contributed by atoms with Crippen molar-refractivity contribution in [2.75, 3.05) is 26.4 Å². The Morgan fingerprint density at radius 1 is 0.492 bits per heavy atom. The fraction of sp³-hybridized carbons (Fsp3) is 0.636. The Morgan fingerprint density at radius 2 is 0.881 bits per heavy atom. The van der Waals surface area contributed by atoms with E-state index in [0.717, 1.165) is 57.8 Å². The molecule has 0 rings (SSSR count). The summed E-state index contributed by atoms with van der Waals surface area (Å²) in [6.07, 6.45) is 44.4. The van der Waals surface area contributed by atoms with Gasteiger partial charge in [0.1, 0.15) is 12.7 Å². The number of hydrogen-bond acceptors (Lipinski definition) is 10. The van der Waals surface area contributed by atoms with Gasteiger partial charge in [-0.3, -0.25) is 23.2 Å². The third kappa shape index (κ3) is 43.2. The second-order valence-corrected chi connectivity index (χ2v) is 16.6. The molecule has 0 spiro atoms. The Morgan fingerprint density at radius 3 is 1.34 bits per heavy atom. The minimum absolute atomic E-state index is 0.0427. The summed E-state index contributed by atoms with van der Waals surface area (Å²) in [6, 6.07) is 0. The summed E-state index contributed by atoms with van der Waals surface area (Å²) in [4.78, 5) is 52.6. The molecule has 4 N–H and O–H groups in total. The van der Waals surface area contributed by atoms with Crippen molar-refractivity contribution in [3.63, 3.8) is 0 Å². The van der Waals surface area contributed by atoms with Crippen LogP contribution < -0.4 is 0 Å². The SMILES string of the molecule is CCCCC/C=C\C/C=C\C/C=C\C/C=C\CCCC(=O)O[C@H](COC(=O)CCCC/C=C\C/C=C\C/C=C\CCCCC)COP(=O)(O)OC[C@@H](O)COP(=O)(O)O. The fourth-order valence-corrected chi connectivity index (χ4v) is 6.15. The predicted octanol–water partition coefficient (Wildman–Crippen LogP) is 10.8. The van der Waals surface area contributed by atoms with Crippen LogP contribution in [-0.4, -0.2) is 70.4 Å². The van der Waals surface area contributed by atoms with E-state index in [1.165, 1.54) is 38.5 Å². The van der Waals surface area contributed by atoms with Gasteiger partial charge in [0.2, 0.25) is 0 Å². The van der Waals surface area contributed by atoms with Gasteiger partial charge in [-0.15, -0.1) is 0 Å². The van der Waals surface area contributed by atoms with Gasteiger partial charge < -0.3 is 29.3 Å². The summed E-state index contributed by atoms with van der Waals surface area (Å²) in [6.45, 7) is 1.58. The molecular formula is C44H74O13P2. The van der Waals surface area contributed by atoms with Gasteiger partial charge in [0.25, 0.3) is 0 Å². The number of hydrogen-bond donors (Lipinski definition) is 4. The molecule has 1 unspecified atom stereocenters. The standard InChI is InChI=1S/C44H74O13P2/c1-3-5-7-9-11-13-15-17-19-20-22-24-26-28-30-32-34-36-44(47)57-42(40-56-59(51,52)55-38-41(45)37-54-58(48,49)50)39-53-43(46)35-33-31-29-27-25-23-21-18-16-14-12-10-8-6-4-2/h11-14,17-19,21-22,24-25,27-28,30,41-42,45H,3-10,15-16,20,23,26,29,31-40H2,1-2H3,(H,51,52)(H2,48,49,50)/b13-11-,14-12-,19-17-,21-18-,24-22-,27-25-,30-28-/t41-,42+/m0/s1. The van der Waals surface area contributed by atoms with Crippen molar-refractivity contribution in [2.45, 2.75) is 154 Å². The lowest BCUT2D eigenvalue weighted by Crippen LogP contribution is -2.29. The molecule has 0 aromatic heterocycles. The van der Waals surface area contributed by atoms with E-state index in [1.54, 1.807) is 0 Å². The number of carbonyl (C=O) groups excluding carboxylic acids is 2. The van der Waals surface area contributed by atoms with Crippen LogP contribution in [0.1, 0.15) is 142 Å². The highest BCUT2D eigenvalue weighted by Crippen LogP contribution is 2.43. The molecule has 3 atom stereocenters. The third-order valence-electron chi connectivity index (χ3n) is 8.25. The maximum Gasteiger partial charge on any atom is 0.472 e. The molecule has 59 heavy (non-hydrogen) atoms. The number of aliphatic hydroxyl groups excluding tert-OH is 1. The molecular weight excluding hydrogens is 798 g/mol. The molecule has 338 valence electrons. The van der Waals surface area contributed by atoms with Crippen molar-refractivity contribution in [2.24, 2.45) is 0 Å². The number of rotatable bonds is 39. The maximum atomic E-state index is 12.6. The van der Waals surface area contributed by atoms with E-state index < -0.39 is 66.2 Å². The molecule has 15 heteroatoms. The average molecular weight is 873 g/mol. The molecule has 13 nitrogen and oxygen atoms in total. The summed E-state index contributed by atoms with van der Waals surface area (Å²) in [7, 11) is -9.71. The topological polar surface area (TPSA) is 195 Å². The van der Waals surface area contributed by atoms with Gasteiger partial charge in [-0.1, -0.05) is 125 Å². The lowest BCUT2D eigenvalue weighted by atomic mass is 10.1. The summed E-state index contributed by atoms with van der Waals surface area (Å²) < 4.78 is 47.6. The number of phosphoric acid groups is 2. The van der Waals surface area contributed by atoms with Crippen molar-refractivity contribution in [3.8, 4) is 0 Å². The molecule has 0 saturated heterocycles. The highest BCUT2D eigenvalue weighted by Gasteiger charge is 2.28. The van der Waals surface area contributed by atoms with Gasteiger partial charge in [0, 0.05) is 12.8 Å². The van der Waals surface area contributed by atoms with Crippen LogP contribution in [0.15, 0.2) is 85.1 Å². The van der Waals surface area contributed by atoms with Crippen molar-refractivity contribution in [1.29, 1.82) is 0 Å². The van der Waals surface area contributed by atoms with Crippen molar-refractivity contribution >= 4 is 27.6 Å². The predicted molar refractivity (Wildman–Crippen MR) is 234 cm³/mol. The quantitative estimate of drug-likeness (QED) is 0.0197. The Balaban J connectivity index is 4.72. The number of allylic oxidation sites excluding steroid dienone is 14. The highest BCUT2D eigenvalue weighted by molar-refractivity contribution is 7.47. The fourth-order valence-electron chi connectivity index (χ4n) is 4.99. The number of esters is 2. The van der Waals surface area contributed by atoms with Crippen LogP contribution >= 0.6 is 15.6 Å². The maximum absolute atomic E-state index is 12.6. The van der Waals surface area contributed by atoms with Crippen LogP contribution in [0.3, 0.4) is 0 Å². The number of aliphatic hydroxyl groups is 1. The molecule has 0 aromatic rings. The Bertz CT molecular complexity index is 1360. The Labute approximate surface area is 354 Å². The second kappa shape index (κ2) is 39.4. The van der Waals surface area contributed by atoms with Crippen LogP contribution in [-0.2, 0) is 41.8 Å². The minimum atomic E-state index is -4.87. The molecule has 0 bridgehead atoms. The van der Waals surface area contributed by atoms with E-state index in [9.17, 15) is 28.7 Å².